The molecular formula is C18H23N3O3. The maximum Gasteiger partial charge on any atom is 0.321 e. The van der Waals surface area contributed by atoms with Gasteiger partial charge in [0, 0.05) is 19.8 Å². The van der Waals surface area contributed by atoms with E-state index in [2.05, 4.69) is 5.32 Å². The molecular weight excluding hydrogens is 306 g/mol. The third-order valence-corrected chi connectivity index (χ3v) is 3.69. The Morgan fingerprint density at radius 3 is 2.62 bits per heavy atom. The number of carbonyl (C=O) groups excluding carboxylic acids is 1. The number of hydrogen-bond acceptors (Lipinski definition) is 3. The monoisotopic (exact) mass is 329 g/mol. The molecule has 1 aromatic carbocycles. The van der Waals surface area contributed by atoms with Gasteiger partial charge in [0.2, 0.25) is 0 Å². The summed E-state index contributed by atoms with van der Waals surface area (Å²) >= 11 is 0. The largest absolute Gasteiger partial charge is 0.393 e. The molecule has 2 N–H and O–H groups in total. The summed E-state index contributed by atoms with van der Waals surface area (Å²) in [6.45, 7) is 2.53. The highest BCUT2D eigenvalue weighted by atomic mass is 16.3. The quantitative estimate of drug-likeness (QED) is 0.852. The molecule has 128 valence electrons. The van der Waals surface area contributed by atoms with E-state index in [0.29, 0.717) is 19.5 Å². The summed E-state index contributed by atoms with van der Waals surface area (Å²) in [6.07, 6.45) is 1.71. The fourth-order valence-electron chi connectivity index (χ4n) is 2.23. The van der Waals surface area contributed by atoms with Crippen molar-refractivity contribution in [3.8, 4) is 0 Å². The Hall–Kier alpha value is -2.60. The summed E-state index contributed by atoms with van der Waals surface area (Å²) in [4.78, 5) is 26.1. The number of amides is 2. The van der Waals surface area contributed by atoms with Crippen LogP contribution in [0.5, 0.6) is 0 Å². The fourth-order valence-corrected chi connectivity index (χ4v) is 2.23. The summed E-state index contributed by atoms with van der Waals surface area (Å²) in [5, 5.41) is 11.9. The zero-order valence-corrected chi connectivity index (χ0v) is 14.0. The van der Waals surface area contributed by atoms with Crippen LogP contribution in [0.25, 0.3) is 0 Å². The summed E-state index contributed by atoms with van der Waals surface area (Å²) < 4.78 is 1.56. The lowest BCUT2D eigenvalue weighted by Gasteiger charge is -2.18. The van der Waals surface area contributed by atoms with Crippen molar-refractivity contribution in [2.45, 2.75) is 26.0 Å². The van der Waals surface area contributed by atoms with Crippen molar-refractivity contribution < 1.29 is 9.90 Å². The van der Waals surface area contributed by atoms with Gasteiger partial charge in [0.05, 0.1) is 12.6 Å². The highest BCUT2D eigenvalue weighted by molar-refractivity contribution is 5.88. The van der Waals surface area contributed by atoms with Gasteiger partial charge >= 0.3 is 6.03 Å². The van der Waals surface area contributed by atoms with Crippen LogP contribution in [-0.2, 0) is 6.54 Å². The minimum atomic E-state index is -0.472. The molecule has 2 rings (SSSR count). The number of aliphatic hydroxyl groups is 1. The van der Waals surface area contributed by atoms with E-state index in [0.717, 1.165) is 5.56 Å². The van der Waals surface area contributed by atoms with E-state index in [4.69, 9.17) is 0 Å². The van der Waals surface area contributed by atoms with Crippen LogP contribution in [0, 0.1) is 0 Å². The first kappa shape index (κ1) is 17.7. The molecule has 6 heteroatoms. The Morgan fingerprint density at radius 2 is 1.96 bits per heavy atom. The second-order valence-corrected chi connectivity index (χ2v) is 5.83. The average molecular weight is 329 g/mol. The van der Waals surface area contributed by atoms with E-state index in [9.17, 15) is 14.7 Å². The van der Waals surface area contributed by atoms with Gasteiger partial charge in [-0.1, -0.05) is 30.3 Å². The number of aliphatic hydroxyl groups excluding tert-OH is 1. The van der Waals surface area contributed by atoms with E-state index >= 15 is 0 Å². The van der Waals surface area contributed by atoms with Gasteiger partial charge in [-0.15, -0.1) is 0 Å². The second kappa shape index (κ2) is 8.31. The van der Waals surface area contributed by atoms with Crippen LogP contribution in [-0.4, -0.2) is 40.3 Å². The zero-order chi connectivity index (χ0) is 17.5. The first-order valence-electron chi connectivity index (χ1n) is 7.91. The van der Waals surface area contributed by atoms with E-state index in [1.165, 1.54) is 4.90 Å². The van der Waals surface area contributed by atoms with E-state index < -0.39 is 6.10 Å². The van der Waals surface area contributed by atoms with Crippen LogP contribution in [0.1, 0.15) is 18.9 Å². The van der Waals surface area contributed by atoms with Crippen molar-refractivity contribution in [3.63, 3.8) is 0 Å². The lowest BCUT2D eigenvalue weighted by atomic mass is 10.2. The summed E-state index contributed by atoms with van der Waals surface area (Å²) in [5.74, 6) is 0. The Morgan fingerprint density at radius 1 is 1.25 bits per heavy atom. The number of carbonyl (C=O) groups is 1. The summed E-state index contributed by atoms with van der Waals surface area (Å²) in [7, 11) is 1.63. The zero-order valence-electron chi connectivity index (χ0n) is 14.0. The lowest BCUT2D eigenvalue weighted by molar-refractivity contribution is 0.167. The van der Waals surface area contributed by atoms with E-state index in [1.54, 1.807) is 36.9 Å². The van der Waals surface area contributed by atoms with Gasteiger partial charge in [-0.05, 0) is 31.0 Å². The number of aromatic nitrogens is 1. The number of nitrogens with one attached hydrogen (secondary N) is 1. The Kier molecular flexibility index (Phi) is 6.14. The minimum Gasteiger partial charge on any atom is -0.393 e. The molecule has 0 spiro atoms. The maximum absolute atomic E-state index is 12.5. The van der Waals surface area contributed by atoms with Crippen molar-refractivity contribution >= 4 is 11.7 Å². The number of anilines is 1. The molecule has 1 aromatic heterocycles. The van der Waals surface area contributed by atoms with Gasteiger partial charge in [-0.3, -0.25) is 4.79 Å². The Bertz CT molecular complexity index is 726. The molecule has 0 bridgehead atoms. The highest BCUT2D eigenvalue weighted by Crippen LogP contribution is 2.05. The van der Waals surface area contributed by atoms with Crippen molar-refractivity contribution in [1.82, 2.24) is 9.47 Å². The molecule has 0 aliphatic carbocycles. The van der Waals surface area contributed by atoms with Crippen LogP contribution < -0.4 is 10.9 Å². The predicted molar refractivity (Wildman–Crippen MR) is 94.2 cm³/mol. The highest BCUT2D eigenvalue weighted by Gasteiger charge is 2.12. The van der Waals surface area contributed by atoms with Crippen molar-refractivity contribution in [2.75, 3.05) is 18.9 Å². The molecule has 24 heavy (non-hydrogen) atoms. The molecule has 1 unspecified atom stereocenters. The molecule has 0 aliphatic heterocycles. The molecule has 1 heterocycles. The summed E-state index contributed by atoms with van der Waals surface area (Å²) in [6, 6.07) is 12.6. The van der Waals surface area contributed by atoms with Gasteiger partial charge in [0.1, 0.15) is 5.69 Å². The van der Waals surface area contributed by atoms with Crippen LogP contribution in [0.4, 0.5) is 10.5 Å². The lowest BCUT2D eigenvalue weighted by Crippen LogP contribution is -2.35. The van der Waals surface area contributed by atoms with Crippen molar-refractivity contribution in [2.24, 2.45) is 0 Å². The smallest absolute Gasteiger partial charge is 0.321 e. The first-order chi connectivity index (χ1) is 11.5. The van der Waals surface area contributed by atoms with Crippen molar-refractivity contribution in [3.05, 3.63) is 64.6 Å². The van der Waals surface area contributed by atoms with Gasteiger partial charge in [0.15, 0.2) is 0 Å². The summed E-state index contributed by atoms with van der Waals surface area (Å²) in [5.41, 5.74) is 0.998. The molecule has 2 amide bonds. The standard InChI is InChI=1S/C18H23N3O3/c1-14(22)10-12-20(2)18(24)19-16-9-6-11-21(17(16)23)13-15-7-4-3-5-8-15/h3-9,11,14,22H,10,12-13H2,1-2H3,(H,19,24). The van der Waals surface area contributed by atoms with Gasteiger partial charge in [-0.25, -0.2) is 4.79 Å². The molecule has 0 saturated carbocycles. The predicted octanol–water partition coefficient (Wildman–Crippen LogP) is 2.13. The minimum absolute atomic E-state index is 0.238. The molecule has 6 nitrogen and oxygen atoms in total. The first-order valence-corrected chi connectivity index (χ1v) is 7.91. The number of rotatable bonds is 6. The van der Waals surface area contributed by atoms with Crippen LogP contribution in [0.3, 0.4) is 0 Å². The van der Waals surface area contributed by atoms with E-state index in [1.807, 2.05) is 30.3 Å². The number of hydrogen-bond donors (Lipinski definition) is 2. The molecule has 2 aromatic rings. The van der Waals surface area contributed by atoms with Crippen LogP contribution in [0.2, 0.25) is 0 Å². The normalized spacial score (nSPS) is 11.8. The van der Waals surface area contributed by atoms with Crippen LogP contribution >= 0.6 is 0 Å². The maximum atomic E-state index is 12.5. The van der Waals surface area contributed by atoms with Crippen molar-refractivity contribution in [1.29, 1.82) is 0 Å². The third kappa shape index (κ3) is 4.96. The average Bonchev–Trinajstić information content (AvgIpc) is 2.57. The number of pyridine rings is 1. The number of urea groups is 1. The molecule has 0 aliphatic rings. The van der Waals surface area contributed by atoms with Gasteiger partial charge < -0.3 is 19.9 Å². The van der Waals surface area contributed by atoms with E-state index in [-0.39, 0.29) is 17.3 Å². The molecule has 0 radical (unpaired) electrons. The topological polar surface area (TPSA) is 74.6 Å². The third-order valence-electron chi connectivity index (χ3n) is 3.69. The number of nitrogens with zero attached hydrogens (tertiary/aromatic N) is 2. The van der Waals surface area contributed by atoms with Crippen LogP contribution in [0.15, 0.2) is 53.5 Å². The Balaban J connectivity index is 2.07. The van der Waals surface area contributed by atoms with Gasteiger partial charge in [0.25, 0.3) is 5.56 Å². The molecule has 0 fully saturated rings. The SMILES string of the molecule is CC(O)CCN(C)C(=O)Nc1cccn(Cc2ccccc2)c1=O. The fraction of sp³-hybridized carbons (Fsp3) is 0.333. The number of benzene rings is 1. The second-order valence-electron chi connectivity index (χ2n) is 5.83. The van der Waals surface area contributed by atoms with Gasteiger partial charge in [-0.2, -0.15) is 0 Å². The molecule has 0 saturated heterocycles. The Labute approximate surface area is 141 Å². The molecule has 1 atom stereocenters.